The molecule has 0 radical (unpaired) electrons. The summed E-state index contributed by atoms with van der Waals surface area (Å²) < 4.78 is 1.79. The first-order valence-corrected chi connectivity index (χ1v) is 8.04. The lowest BCUT2D eigenvalue weighted by Crippen LogP contribution is -2.30. The second-order valence-electron chi connectivity index (χ2n) is 5.29. The van der Waals surface area contributed by atoms with Crippen molar-refractivity contribution in [1.29, 1.82) is 0 Å². The summed E-state index contributed by atoms with van der Waals surface area (Å²) in [5.74, 6) is 0.653. The molecule has 0 aliphatic rings. The minimum Gasteiger partial charge on any atom is -0.334 e. The van der Waals surface area contributed by atoms with Gasteiger partial charge in [-0.25, -0.2) is 9.97 Å². The van der Waals surface area contributed by atoms with Crippen molar-refractivity contribution in [2.45, 2.75) is 13.5 Å². The number of hydrogen-bond acceptors (Lipinski definition) is 3. The Morgan fingerprint density at radius 2 is 2.08 bits per heavy atom. The fraction of sp³-hybridized carbons (Fsp3) is 0.167. The third-order valence-electron chi connectivity index (χ3n) is 3.75. The van der Waals surface area contributed by atoms with Crippen LogP contribution in [0, 0.1) is 0 Å². The highest BCUT2D eigenvalue weighted by atomic mass is 35.5. The lowest BCUT2D eigenvalue weighted by Gasteiger charge is -2.21. The van der Waals surface area contributed by atoms with Gasteiger partial charge in [-0.15, -0.1) is 0 Å². The quantitative estimate of drug-likeness (QED) is 0.713. The van der Waals surface area contributed by atoms with Crippen molar-refractivity contribution >= 4 is 17.5 Å². The van der Waals surface area contributed by atoms with E-state index in [0.29, 0.717) is 23.7 Å². The van der Waals surface area contributed by atoms with Gasteiger partial charge >= 0.3 is 0 Å². The van der Waals surface area contributed by atoms with Crippen LogP contribution in [0.15, 0.2) is 61.3 Å². The highest BCUT2D eigenvalue weighted by Gasteiger charge is 2.16. The Balaban J connectivity index is 1.77. The van der Waals surface area contributed by atoms with Gasteiger partial charge in [0, 0.05) is 36.7 Å². The second-order valence-corrected chi connectivity index (χ2v) is 5.69. The molecule has 0 spiro atoms. The molecular formula is C18H17ClN4O. The van der Waals surface area contributed by atoms with E-state index in [0.717, 1.165) is 11.4 Å². The Kier molecular flexibility index (Phi) is 4.91. The third kappa shape index (κ3) is 3.46. The smallest absolute Gasteiger partial charge is 0.255 e. The van der Waals surface area contributed by atoms with Crippen LogP contribution in [0.5, 0.6) is 0 Å². The van der Waals surface area contributed by atoms with Crippen molar-refractivity contribution < 1.29 is 4.79 Å². The highest BCUT2D eigenvalue weighted by molar-refractivity contribution is 6.31. The van der Waals surface area contributed by atoms with Gasteiger partial charge in [-0.2, -0.15) is 0 Å². The van der Waals surface area contributed by atoms with Gasteiger partial charge in [0.1, 0.15) is 12.1 Å². The summed E-state index contributed by atoms with van der Waals surface area (Å²) >= 11 is 6.19. The van der Waals surface area contributed by atoms with Crippen molar-refractivity contribution in [2.24, 2.45) is 0 Å². The topological polar surface area (TPSA) is 51.0 Å². The Labute approximate surface area is 145 Å². The first kappa shape index (κ1) is 16.2. The van der Waals surface area contributed by atoms with Gasteiger partial charge in [0.25, 0.3) is 5.91 Å². The van der Waals surface area contributed by atoms with Crippen LogP contribution in [0.3, 0.4) is 0 Å². The molecule has 24 heavy (non-hydrogen) atoms. The number of carbonyl (C=O) groups is 1. The fourth-order valence-corrected chi connectivity index (χ4v) is 2.60. The van der Waals surface area contributed by atoms with E-state index in [-0.39, 0.29) is 5.91 Å². The molecule has 3 rings (SSSR count). The summed E-state index contributed by atoms with van der Waals surface area (Å²) in [5, 5.41) is 0.664. The average Bonchev–Trinajstić information content (AvgIpc) is 3.15. The standard InChI is InChI=1S/C18H17ClN4O/c1-2-22(12-15-5-3-4-6-16(15)19)18(24)14-7-8-17(21-11-14)23-10-9-20-13-23/h3-11,13H,2,12H2,1H3. The summed E-state index contributed by atoms with van der Waals surface area (Å²) in [5.41, 5.74) is 1.48. The Morgan fingerprint density at radius 3 is 2.71 bits per heavy atom. The Morgan fingerprint density at radius 1 is 1.25 bits per heavy atom. The predicted molar refractivity (Wildman–Crippen MR) is 93.2 cm³/mol. The molecule has 2 aromatic heterocycles. The Hall–Kier alpha value is -2.66. The number of rotatable bonds is 5. The van der Waals surface area contributed by atoms with Crippen LogP contribution in [0.25, 0.3) is 5.82 Å². The van der Waals surface area contributed by atoms with Crippen LogP contribution < -0.4 is 0 Å². The maximum Gasteiger partial charge on any atom is 0.255 e. The number of hydrogen-bond donors (Lipinski definition) is 0. The highest BCUT2D eigenvalue weighted by Crippen LogP contribution is 2.18. The van der Waals surface area contributed by atoms with Gasteiger partial charge in [0.15, 0.2) is 0 Å². The van der Waals surface area contributed by atoms with Crippen LogP contribution >= 0.6 is 11.6 Å². The van der Waals surface area contributed by atoms with E-state index in [1.807, 2.05) is 31.2 Å². The SMILES string of the molecule is CCN(Cc1ccccc1Cl)C(=O)c1ccc(-n2ccnc2)nc1. The van der Waals surface area contributed by atoms with Gasteiger partial charge in [-0.3, -0.25) is 9.36 Å². The summed E-state index contributed by atoms with van der Waals surface area (Å²) in [6, 6.07) is 11.1. The van der Waals surface area contributed by atoms with E-state index in [4.69, 9.17) is 11.6 Å². The van der Waals surface area contributed by atoms with Gasteiger partial charge in [-0.1, -0.05) is 29.8 Å². The molecule has 0 saturated heterocycles. The molecule has 0 aliphatic heterocycles. The van der Waals surface area contributed by atoms with Crippen molar-refractivity contribution in [3.05, 3.63) is 77.5 Å². The number of nitrogens with zero attached hydrogens (tertiary/aromatic N) is 4. The van der Waals surface area contributed by atoms with Gasteiger partial charge < -0.3 is 4.90 Å². The van der Waals surface area contributed by atoms with Crippen molar-refractivity contribution in [2.75, 3.05) is 6.54 Å². The van der Waals surface area contributed by atoms with Gasteiger partial charge in [-0.05, 0) is 30.7 Å². The minimum absolute atomic E-state index is 0.0675. The number of benzene rings is 1. The number of amides is 1. The first-order valence-electron chi connectivity index (χ1n) is 7.66. The monoisotopic (exact) mass is 340 g/mol. The summed E-state index contributed by atoms with van der Waals surface area (Å²) in [6.45, 7) is 3.01. The summed E-state index contributed by atoms with van der Waals surface area (Å²) in [6.07, 6.45) is 6.75. The minimum atomic E-state index is -0.0675. The molecule has 3 aromatic rings. The van der Waals surface area contributed by atoms with Crippen molar-refractivity contribution in [3.8, 4) is 5.82 Å². The van der Waals surface area contributed by atoms with E-state index < -0.39 is 0 Å². The van der Waals surface area contributed by atoms with E-state index >= 15 is 0 Å². The zero-order valence-corrected chi connectivity index (χ0v) is 14.0. The molecule has 2 heterocycles. The third-order valence-corrected chi connectivity index (χ3v) is 4.12. The summed E-state index contributed by atoms with van der Waals surface area (Å²) in [4.78, 5) is 22.8. The number of halogens is 1. The van der Waals surface area contributed by atoms with E-state index in [2.05, 4.69) is 9.97 Å². The molecule has 0 saturated carbocycles. The maximum atomic E-state index is 12.7. The van der Waals surface area contributed by atoms with Crippen molar-refractivity contribution in [1.82, 2.24) is 19.4 Å². The lowest BCUT2D eigenvalue weighted by atomic mass is 10.2. The zero-order valence-electron chi connectivity index (χ0n) is 13.3. The molecule has 0 unspecified atom stereocenters. The van der Waals surface area contributed by atoms with E-state index in [9.17, 15) is 4.79 Å². The fourth-order valence-electron chi connectivity index (χ4n) is 2.40. The van der Waals surface area contributed by atoms with Crippen LogP contribution in [0.4, 0.5) is 0 Å². The molecule has 0 bridgehead atoms. The second kappa shape index (κ2) is 7.27. The average molecular weight is 341 g/mol. The van der Waals surface area contributed by atoms with Gasteiger partial charge in [0.2, 0.25) is 0 Å². The molecule has 122 valence electrons. The maximum absolute atomic E-state index is 12.7. The van der Waals surface area contributed by atoms with Crippen molar-refractivity contribution in [3.63, 3.8) is 0 Å². The zero-order chi connectivity index (χ0) is 16.9. The first-order chi connectivity index (χ1) is 11.7. The number of pyridine rings is 1. The number of aromatic nitrogens is 3. The normalized spacial score (nSPS) is 10.6. The molecule has 0 aliphatic carbocycles. The molecule has 0 N–H and O–H groups in total. The number of carbonyl (C=O) groups excluding carboxylic acids is 1. The molecule has 6 heteroatoms. The van der Waals surface area contributed by atoms with Crippen LogP contribution in [-0.4, -0.2) is 31.9 Å². The predicted octanol–water partition coefficient (Wildman–Crippen LogP) is 3.58. The molecule has 5 nitrogen and oxygen atoms in total. The number of imidazole rings is 1. The molecular weight excluding hydrogens is 324 g/mol. The lowest BCUT2D eigenvalue weighted by molar-refractivity contribution is 0.0752. The van der Waals surface area contributed by atoms with E-state index in [1.165, 1.54) is 0 Å². The Bertz CT molecular complexity index is 815. The van der Waals surface area contributed by atoms with Crippen LogP contribution in [-0.2, 0) is 6.54 Å². The van der Waals surface area contributed by atoms with Crippen LogP contribution in [0.2, 0.25) is 5.02 Å². The summed E-state index contributed by atoms with van der Waals surface area (Å²) in [7, 11) is 0. The van der Waals surface area contributed by atoms with Crippen LogP contribution in [0.1, 0.15) is 22.8 Å². The molecule has 0 fully saturated rings. The van der Waals surface area contributed by atoms with E-state index in [1.54, 1.807) is 46.5 Å². The van der Waals surface area contributed by atoms with Gasteiger partial charge in [0.05, 0.1) is 5.56 Å². The molecule has 1 aromatic carbocycles. The molecule has 0 atom stereocenters. The largest absolute Gasteiger partial charge is 0.334 e. The molecule has 1 amide bonds.